The molecule has 1 rings (SSSR count). The van der Waals surface area contributed by atoms with Crippen molar-refractivity contribution in [2.75, 3.05) is 6.61 Å². The quantitative estimate of drug-likeness (QED) is 0.631. The Hall–Kier alpha value is -0.880. The zero-order chi connectivity index (χ0) is 11.3. The van der Waals surface area contributed by atoms with Crippen LogP contribution in [0.3, 0.4) is 0 Å². The van der Waals surface area contributed by atoms with Crippen LogP contribution in [-0.2, 0) is 14.8 Å². The van der Waals surface area contributed by atoms with E-state index >= 15 is 0 Å². The van der Waals surface area contributed by atoms with E-state index in [4.69, 9.17) is 4.74 Å². The number of hydrogen-bond acceptors (Lipinski definition) is 3. The highest BCUT2D eigenvalue weighted by Gasteiger charge is 2.10. The van der Waals surface area contributed by atoms with E-state index in [1.807, 2.05) is 0 Å². The molecular formula is C9H10BrNO3S. The van der Waals surface area contributed by atoms with Crippen molar-refractivity contribution >= 4 is 32.4 Å². The van der Waals surface area contributed by atoms with Crippen LogP contribution in [0, 0.1) is 0 Å². The Labute approximate surface area is 97.2 Å². The lowest BCUT2D eigenvalue weighted by Crippen LogP contribution is -1.98. The van der Waals surface area contributed by atoms with Crippen LogP contribution in [-0.4, -0.2) is 21.4 Å². The van der Waals surface area contributed by atoms with Crippen molar-refractivity contribution < 1.29 is 13.2 Å². The zero-order valence-electron chi connectivity index (χ0n) is 8.05. The first-order chi connectivity index (χ1) is 7.06. The molecule has 0 heterocycles. The molecule has 1 aromatic carbocycles. The van der Waals surface area contributed by atoms with Crippen LogP contribution in [0.4, 0.5) is 0 Å². The smallest absolute Gasteiger partial charge is 0.285 e. The van der Waals surface area contributed by atoms with Gasteiger partial charge in [0.2, 0.25) is 0 Å². The normalized spacial score (nSPS) is 11.9. The van der Waals surface area contributed by atoms with Gasteiger partial charge in [0.1, 0.15) is 0 Å². The van der Waals surface area contributed by atoms with Gasteiger partial charge in [0.15, 0.2) is 6.40 Å². The number of nitrogens with zero attached hydrogens (tertiary/aromatic N) is 1. The Morgan fingerprint density at radius 2 is 2.00 bits per heavy atom. The van der Waals surface area contributed by atoms with E-state index < -0.39 is 10.0 Å². The van der Waals surface area contributed by atoms with Crippen LogP contribution in [0.25, 0.3) is 0 Å². The summed E-state index contributed by atoms with van der Waals surface area (Å²) in [6.45, 7) is 2.14. The predicted molar refractivity (Wildman–Crippen MR) is 61.4 cm³/mol. The predicted octanol–water partition coefficient (Wildman–Crippen LogP) is 2.20. The van der Waals surface area contributed by atoms with Gasteiger partial charge in [0, 0.05) is 4.47 Å². The van der Waals surface area contributed by atoms with Crippen LogP contribution >= 0.6 is 15.9 Å². The Morgan fingerprint density at radius 3 is 2.53 bits per heavy atom. The minimum atomic E-state index is -3.63. The van der Waals surface area contributed by atoms with E-state index in [1.165, 1.54) is 12.1 Å². The minimum Gasteiger partial charge on any atom is -0.483 e. The average Bonchev–Trinajstić information content (AvgIpc) is 2.18. The largest absolute Gasteiger partial charge is 0.483 e. The van der Waals surface area contributed by atoms with Gasteiger partial charge in [-0.05, 0) is 31.2 Å². The Bertz CT molecular complexity index is 439. The average molecular weight is 292 g/mol. The first-order valence-electron chi connectivity index (χ1n) is 4.22. The third-order valence-electron chi connectivity index (χ3n) is 1.53. The van der Waals surface area contributed by atoms with E-state index in [-0.39, 0.29) is 4.90 Å². The van der Waals surface area contributed by atoms with Crippen molar-refractivity contribution in [2.45, 2.75) is 11.8 Å². The molecule has 0 aliphatic rings. The summed E-state index contributed by atoms with van der Waals surface area (Å²) < 4.78 is 32.0. The third kappa shape index (κ3) is 3.64. The maximum absolute atomic E-state index is 11.5. The molecule has 0 bridgehead atoms. The highest BCUT2D eigenvalue weighted by molar-refractivity contribution is 9.10. The van der Waals surface area contributed by atoms with Gasteiger partial charge in [0.25, 0.3) is 10.0 Å². The molecule has 0 spiro atoms. The highest BCUT2D eigenvalue weighted by atomic mass is 79.9. The molecule has 0 fully saturated rings. The van der Waals surface area contributed by atoms with Gasteiger partial charge in [-0.2, -0.15) is 8.42 Å². The molecule has 0 aromatic heterocycles. The molecule has 4 nitrogen and oxygen atoms in total. The van der Waals surface area contributed by atoms with Gasteiger partial charge in [-0.15, -0.1) is 4.40 Å². The first kappa shape index (κ1) is 12.2. The fourth-order valence-corrected chi connectivity index (χ4v) is 1.87. The van der Waals surface area contributed by atoms with Crippen molar-refractivity contribution in [3.05, 3.63) is 28.7 Å². The van der Waals surface area contributed by atoms with Gasteiger partial charge in [-0.25, -0.2) is 0 Å². The number of hydrogen-bond donors (Lipinski definition) is 0. The van der Waals surface area contributed by atoms with Crippen molar-refractivity contribution in [1.82, 2.24) is 0 Å². The Balaban J connectivity index is 2.91. The van der Waals surface area contributed by atoms with Gasteiger partial charge < -0.3 is 4.74 Å². The first-order valence-corrected chi connectivity index (χ1v) is 6.45. The fourth-order valence-electron chi connectivity index (χ4n) is 0.829. The number of rotatable bonds is 4. The van der Waals surface area contributed by atoms with E-state index in [2.05, 4.69) is 20.3 Å². The lowest BCUT2D eigenvalue weighted by Gasteiger charge is -1.98. The summed E-state index contributed by atoms with van der Waals surface area (Å²) >= 11 is 3.22. The molecule has 0 unspecified atom stereocenters. The molecule has 0 amide bonds. The van der Waals surface area contributed by atoms with Crippen molar-refractivity contribution in [3.63, 3.8) is 0 Å². The second-order valence-electron chi connectivity index (χ2n) is 2.60. The topological polar surface area (TPSA) is 55.7 Å². The van der Waals surface area contributed by atoms with Gasteiger partial charge in [0.05, 0.1) is 11.5 Å². The summed E-state index contributed by atoms with van der Waals surface area (Å²) in [5, 5.41) is 0. The number of ether oxygens (including phenoxy) is 1. The van der Waals surface area contributed by atoms with E-state index in [0.29, 0.717) is 6.61 Å². The molecule has 0 aliphatic carbocycles. The molecule has 0 atom stereocenters. The number of halogens is 1. The minimum absolute atomic E-state index is 0.140. The van der Waals surface area contributed by atoms with Crippen molar-refractivity contribution in [3.8, 4) is 0 Å². The lowest BCUT2D eigenvalue weighted by atomic mass is 10.4. The molecule has 0 aliphatic heterocycles. The maximum atomic E-state index is 11.5. The monoisotopic (exact) mass is 291 g/mol. The Morgan fingerprint density at radius 1 is 1.40 bits per heavy atom. The standard InChI is InChI=1S/C9H10BrNO3S/c1-2-14-7-11-15(12,13)9-5-3-8(10)4-6-9/h3-7H,2H2,1H3. The van der Waals surface area contributed by atoms with Crippen LogP contribution in [0.1, 0.15) is 6.92 Å². The molecular weight excluding hydrogens is 282 g/mol. The summed E-state index contributed by atoms with van der Waals surface area (Å²) in [7, 11) is -3.63. The second kappa shape index (κ2) is 5.27. The summed E-state index contributed by atoms with van der Waals surface area (Å²) in [6, 6.07) is 6.23. The molecule has 15 heavy (non-hydrogen) atoms. The summed E-state index contributed by atoms with van der Waals surface area (Å²) in [5.74, 6) is 0. The number of sulfonamides is 1. The molecule has 0 saturated heterocycles. The van der Waals surface area contributed by atoms with E-state index in [9.17, 15) is 8.42 Å². The maximum Gasteiger partial charge on any atom is 0.285 e. The summed E-state index contributed by atoms with van der Waals surface area (Å²) in [5.41, 5.74) is 0. The summed E-state index contributed by atoms with van der Waals surface area (Å²) in [4.78, 5) is 0.140. The van der Waals surface area contributed by atoms with Gasteiger partial charge >= 0.3 is 0 Å². The number of benzene rings is 1. The Kier molecular flexibility index (Phi) is 4.28. The van der Waals surface area contributed by atoms with Crippen molar-refractivity contribution in [2.24, 2.45) is 4.40 Å². The second-order valence-corrected chi connectivity index (χ2v) is 5.14. The fraction of sp³-hybridized carbons (Fsp3) is 0.222. The highest BCUT2D eigenvalue weighted by Crippen LogP contribution is 2.16. The molecule has 6 heteroatoms. The molecule has 1 aromatic rings. The molecule has 0 saturated carbocycles. The molecule has 82 valence electrons. The van der Waals surface area contributed by atoms with Gasteiger partial charge in [-0.1, -0.05) is 15.9 Å². The van der Waals surface area contributed by atoms with Crippen LogP contribution in [0.2, 0.25) is 0 Å². The molecule has 0 N–H and O–H groups in total. The van der Waals surface area contributed by atoms with Gasteiger partial charge in [-0.3, -0.25) is 0 Å². The summed E-state index contributed by atoms with van der Waals surface area (Å²) in [6.07, 6.45) is 0.942. The SMILES string of the molecule is CCOC=NS(=O)(=O)c1ccc(Br)cc1. The van der Waals surface area contributed by atoms with Crippen LogP contribution < -0.4 is 0 Å². The lowest BCUT2D eigenvalue weighted by molar-refractivity contribution is 0.344. The van der Waals surface area contributed by atoms with Crippen LogP contribution in [0.5, 0.6) is 0 Å². The van der Waals surface area contributed by atoms with E-state index in [0.717, 1.165) is 10.9 Å². The van der Waals surface area contributed by atoms with Crippen molar-refractivity contribution in [1.29, 1.82) is 0 Å². The third-order valence-corrected chi connectivity index (χ3v) is 3.29. The zero-order valence-corrected chi connectivity index (χ0v) is 10.5. The van der Waals surface area contributed by atoms with Crippen LogP contribution in [0.15, 0.2) is 38.0 Å². The van der Waals surface area contributed by atoms with E-state index in [1.54, 1.807) is 19.1 Å². The molecule has 0 radical (unpaired) electrons.